The highest BCUT2D eigenvalue weighted by Gasteiger charge is 2.27. The molecule has 3 nitrogen and oxygen atoms in total. The van der Waals surface area contributed by atoms with E-state index in [1.54, 1.807) is 0 Å². The summed E-state index contributed by atoms with van der Waals surface area (Å²) in [5.74, 6) is 0.742. The van der Waals surface area contributed by atoms with Gasteiger partial charge in [-0.05, 0) is 23.6 Å². The zero-order chi connectivity index (χ0) is 10.4. The Morgan fingerprint density at radius 1 is 1.47 bits per heavy atom. The zero-order valence-corrected chi connectivity index (χ0v) is 9.07. The molecule has 0 spiro atoms. The largest absolute Gasteiger partial charge is 0.334 e. The molecule has 1 aliphatic heterocycles. The molecule has 1 aliphatic rings. The van der Waals surface area contributed by atoms with Crippen LogP contribution in [0.15, 0.2) is 24.5 Å². The first-order valence-electron chi connectivity index (χ1n) is 5.40. The van der Waals surface area contributed by atoms with Crippen LogP contribution in [0.4, 0.5) is 0 Å². The molecule has 2 atom stereocenters. The van der Waals surface area contributed by atoms with Crippen LogP contribution in [-0.4, -0.2) is 16.1 Å². The van der Waals surface area contributed by atoms with Crippen LogP contribution in [0.1, 0.15) is 18.5 Å². The third kappa shape index (κ3) is 1.27. The molecular formula is C12H15N3. The third-order valence-electron chi connectivity index (χ3n) is 3.34. The van der Waals surface area contributed by atoms with Gasteiger partial charge in [0.2, 0.25) is 0 Å². The Hall–Kier alpha value is -1.35. The van der Waals surface area contributed by atoms with E-state index in [0.717, 1.165) is 18.0 Å². The van der Waals surface area contributed by atoms with Crippen molar-refractivity contribution in [1.82, 2.24) is 14.9 Å². The van der Waals surface area contributed by atoms with Gasteiger partial charge in [0.1, 0.15) is 0 Å². The summed E-state index contributed by atoms with van der Waals surface area (Å²) in [6, 6.07) is 7.08. The average molecular weight is 201 g/mol. The maximum absolute atomic E-state index is 4.38. The highest BCUT2D eigenvalue weighted by atomic mass is 15.0. The average Bonchev–Trinajstić information content (AvgIpc) is 2.58. The minimum atomic E-state index is 0.524. The van der Waals surface area contributed by atoms with Crippen molar-refractivity contribution in [2.24, 2.45) is 13.0 Å². The number of nitrogens with one attached hydrogen (secondary N) is 1. The molecule has 0 aliphatic carbocycles. The summed E-state index contributed by atoms with van der Waals surface area (Å²) in [6.07, 6.45) is 1.87. The Morgan fingerprint density at radius 2 is 2.33 bits per heavy atom. The van der Waals surface area contributed by atoms with Crippen molar-refractivity contribution in [3.63, 3.8) is 0 Å². The molecule has 3 heteroatoms. The number of nitrogens with zero attached hydrogens (tertiary/aromatic N) is 2. The number of aryl methyl sites for hydroxylation is 1. The van der Waals surface area contributed by atoms with Gasteiger partial charge in [-0.25, -0.2) is 4.98 Å². The molecule has 15 heavy (non-hydrogen) atoms. The first-order valence-corrected chi connectivity index (χ1v) is 5.40. The maximum Gasteiger partial charge on any atom is 0.0955 e. The summed E-state index contributed by atoms with van der Waals surface area (Å²) in [5, 5.41) is 3.45. The fourth-order valence-corrected chi connectivity index (χ4v) is 2.26. The molecule has 2 aromatic rings. The second-order valence-electron chi connectivity index (χ2n) is 4.47. The van der Waals surface area contributed by atoms with Gasteiger partial charge < -0.3 is 9.88 Å². The highest BCUT2D eigenvalue weighted by Crippen LogP contribution is 2.30. The molecule has 1 aromatic carbocycles. The van der Waals surface area contributed by atoms with Crippen LogP contribution in [0.2, 0.25) is 0 Å². The standard InChI is InChI=1S/C12H15N3/c1-8-6-13-12(8)9-3-4-11-10(5-9)14-7-15(11)2/h3-5,7-8,12-13H,6H2,1-2H3. The van der Waals surface area contributed by atoms with Crippen LogP contribution in [0.5, 0.6) is 0 Å². The molecule has 0 amide bonds. The number of benzene rings is 1. The summed E-state index contributed by atoms with van der Waals surface area (Å²) < 4.78 is 2.05. The molecule has 0 bridgehead atoms. The van der Waals surface area contributed by atoms with Gasteiger partial charge in [-0.2, -0.15) is 0 Å². The van der Waals surface area contributed by atoms with Gasteiger partial charge in [-0.3, -0.25) is 0 Å². The fourth-order valence-electron chi connectivity index (χ4n) is 2.26. The molecule has 2 unspecified atom stereocenters. The van der Waals surface area contributed by atoms with Crippen LogP contribution in [0.3, 0.4) is 0 Å². The van der Waals surface area contributed by atoms with Crippen LogP contribution in [0, 0.1) is 5.92 Å². The molecule has 0 radical (unpaired) electrons. The van der Waals surface area contributed by atoms with E-state index in [1.807, 2.05) is 13.4 Å². The Bertz CT molecular complexity index is 501. The normalized spacial score (nSPS) is 25.5. The highest BCUT2D eigenvalue weighted by molar-refractivity contribution is 5.76. The van der Waals surface area contributed by atoms with E-state index in [2.05, 4.69) is 40.0 Å². The van der Waals surface area contributed by atoms with E-state index in [1.165, 1.54) is 11.1 Å². The van der Waals surface area contributed by atoms with E-state index in [4.69, 9.17) is 0 Å². The first kappa shape index (κ1) is 8.92. The molecule has 3 rings (SSSR count). The van der Waals surface area contributed by atoms with Gasteiger partial charge in [-0.1, -0.05) is 13.0 Å². The van der Waals surface area contributed by atoms with E-state index >= 15 is 0 Å². The van der Waals surface area contributed by atoms with E-state index in [9.17, 15) is 0 Å². The molecular weight excluding hydrogens is 186 g/mol. The number of aromatic nitrogens is 2. The zero-order valence-electron chi connectivity index (χ0n) is 9.07. The van der Waals surface area contributed by atoms with Crippen LogP contribution in [-0.2, 0) is 7.05 Å². The summed E-state index contributed by atoms with van der Waals surface area (Å²) in [7, 11) is 2.03. The monoisotopic (exact) mass is 201 g/mol. The van der Waals surface area contributed by atoms with Crippen LogP contribution in [0.25, 0.3) is 11.0 Å². The van der Waals surface area contributed by atoms with Crippen molar-refractivity contribution in [3.8, 4) is 0 Å². The summed E-state index contributed by atoms with van der Waals surface area (Å²) in [6.45, 7) is 3.41. The predicted octanol–water partition coefficient (Wildman–Crippen LogP) is 1.85. The Morgan fingerprint density at radius 3 is 3.00 bits per heavy atom. The molecule has 1 fully saturated rings. The summed E-state index contributed by atoms with van der Waals surface area (Å²) in [4.78, 5) is 4.38. The number of hydrogen-bond acceptors (Lipinski definition) is 2. The molecule has 0 saturated carbocycles. The van der Waals surface area contributed by atoms with Gasteiger partial charge in [0.25, 0.3) is 0 Å². The van der Waals surface area contributed by atoms with Crippen LogP contribution < -0.4 is 5.32 Å². The lowest BCUT2D eigenvalue weighted by atomic mass is 9.87. The van der Waals surface area contributed by atoms with Gasteiger partial charge >= 0.3 is 0 Å². The SMILES string of the molecule is CC1CNC1c1ccc2c(c1)ncn2C. The number of rotatable bonds is 1. The van der Waals surface area contributed by atoms with Gasteiger partial charge in [0.05, 0.1) is 17.4 Å². The second kappa shape index (κ2) is 3.07. The van der Waals surface area contributed by atoms with Crippen molar-refractivity contribution in [3.05, 3.63) is 30.1 Å². The topological polar surface area (TPSA) is 29.9 Å². The lowest BCUT2D eigenvalue weighted by Gasteiger charge is -2.35. The van der Waals surface area contributed by atoms with Crippen molar-refractivity contribution >= 4 is 11.0 Å². The molecule has 2 heterocycles. The third-order valence-corrected chi connectivity index (χ3v) is 3.34. The van der Waals surface area contributed by atoms with E-state index < -0.39 is 0 Å². The number of imidazole rings is 1. The quantitative estimate of drug-likeness (QED) is 0.763. The minimum absolute atomic E-state index is 0.524. The smallest absolute Gasteiger partial charge is 0.0955 e. The fraction of sp³-hybridized carbons (Fsp3) is 0.417. The Balaban J connectivity index is 2.06. The molecule has 1 N–H and O–H groups in total. The van der Waals surface area contributed by atoms with Crippen molar-refractivity contribution in [1.29, 1.82) is 0 Å². The van der Waals surface area contributed by atoms with Gasteiger partial charge in [0.15, 0.2) is 0 Å². The Kier molecular flexibility index (Phi) is 1.83. The van der Waals surface area contributed by atoms with Crippen molar-refractivity contribution in [2.75, 3.05) is 6.54 Å². The van der Waals surface area contributed by atoms with E-state index in [-0.39, 0.29) is 0 Å². The number of hydrogen-bond donors (Lipinski definition) is 1. The summed E-state index contributed by atoms with van der Waals surface area (Å²) in [5.41, 5.74) is 3.65. The predicted molar refractivity (Wildman–Crippen MR) is 60.6 cm³/mol. The molecule has 78 valence electrons. The van der Waals surface area contributed by atoms with Crippen molar-refractivity contribution < 1.29 is 0 Å². The molecule has 1 aromatic heterocycles. The molecule has 1 saturated heterocycles. The van der Waals surface area contributed by atoms with Gasteiger partial charge in [0, 0.05) is 19.6 Å². The number of fused-ring (bicyclic) bond motifs is 1. The second-order valence-corrected chi connectivity index (χ2v) is 4.47. The van der Waals surface area contributed by atoms with Gasteiger partial charge in [-0.15, -0.1) is 0 Å². The summed E-state index contributed by atoms with van der Waals surface area (Å²) >= 11 is 0. The van der Waals surface area contributed by atoms with E-state index in [0.29, 0.717) is 6.04 Å². The van der Waals surface area contributed by atoms with Crippen molar-refractivity contribution in [2.45, 2.75) is 13.0 Å². The maximum atomic E-state index is 4.38. The minimum Gasteiger partial charge on any atom is -0.334 e. The lowest BCUT2D eigenvalue weighted by molar-refractivity contribution is 0.258. The first-order chi connectivity index (χ1) is 7.25. The lowest BCUT2D eigenvalue weighted by Crippen LogP contribution is -2.43. The Labute approximate surface area is 89.1 Å². The van der Waals surface area contributed by atoms with Crippen LogP contribution >= 0.6 is 0 Å².